The first kappa shape index (κ1) is 16.8. The number of ether oxygens (including phenoxy) is 3. The van der Waals surface area contributed by atoms with Crippen LogP contribution < -0.4 is 0 Å². The lowest BCUT2D eigenvalue weighted by Gasteiger charge is -2.29. The molecule has 2 bridgehead atoms. The molecule has 0 saturated carbocycles. The SMILES string of the molecule is CCCC(Cl)(Cl)CC1OC2CCCCC(COCC2)O1. The lowest BCUT2D eigenvalue weighted by Crippen LogP contribution is -2.33. The summed E-state index contributed by atoms with van der Waals surface area (Å²) in [6.07, 6.45) is 7.60. The fraction of sp³-hybridized carbons (Fsp3) is 1.00. The molecule has 2 saturated heterocycles. The summed E-state index contributed by atoms with van der Waals surface area (Å²) in [5, 5.41) is 0. The van der Waals surface area contributed by atoms with E-state index in [4.69, 9.17) is 37.4 Å². The molecule has 3 unspecified atom stereocenters. The van der Waals surface area contributed by atoms with E-state index in [2.05, 4.69) is 6.92 Å². The molecule has 2 aliphatic heterocycles. The molecule has 2 heterocycles. The van der Waals surface area contributed by atoms with Crippen LogP contribution in [-0.2, 0) is 14.2 Å². The van der Waals surface area contributed by atoms with Crippen molar-refractivity contribution in [2.24, 2.45) is 0 Å². The minimum Gasteiger partial charge on any atom is -0.379 e. The van der Waals surface area contributed by atoms with Crippen LogP contribution in [0.25, 0.3) is 0 Å². The lowest BCUT2D eigenvalue weighted by molar-refractivity contribution is -0.196. The van der Waals surface area contributed by atoms with Gasteiger partial charge in [-0.3, -0.25) is 0 Å². The van der Waals surface area contributed by atoms with E-state index in [9.17, 15) is 0 Å². The lowest BCUT2D eigenvalue weighted by atomic mass is 10.1. The number of fused-ring (bicyclic) bond motifs is 4. The van der Waals surface area contributed by atoms with Crippen LogP contribution in [0.2, 0.25) is 0 Å². The van der Waals surface area contributed by atoms with Crippen LogP contribution in [0.4, 0.5) is 0 Å². The summed E-state index contributed by atoms with van der Waals surface area (Å²) in [7, 11) is 0. The molecule has 2 rings (SSSR count). The van der Waals surface area contributed by atoms with E-state index in [1.165, 1.54) is 12.8 Å². The molecule has 0 spiro atoms. The number of hydrogen-bond donors (Lipinski definition) is 0. The number of hydrogen-bond acceptors (Lipinski definition) is 3. The van der Waals surface area contributed by atoms with Gasteiger partial charge in [-0.25, -0.2) is 0 Å². The third kappa shape index (κ3) is 5.69. The predicted molar refractivity (Wildman–Crippen MR) is 81.4 cm³/mol. The molecular weight excluding hydrogens is 299 g/mol. The van der Waals surface area contributed by atoms with Gasteiger partial charge >= 0.3 is 0 Å². The highest BCUT2D eigenvalue weighted by molar-refractivity contribution is 6.48. The van der Waals surface area contributed by atoms with E-state index in [-0.39, 0.29) is 18.5 Å². The fourth-order valence-corrected chi connectivity index (χ4v) is 3.54. The van der Waals surface area contributed by atoms with Crippen molar-refractivity contribution in [3.63, 3.8) is 0 Å². The monoisotopic (exact) mass is 324 g/mol. The summed E-state index contributed by atoms with van der Waals surface area (Å²) in [6.45, 7) is 3.48. The predicted octanol–water partition coefficient (Wildman–Crippen LogP) is 4.44. The molecular formula is C15H26Cl2O3. The number of alkyl halides is 2. The third-order valence-electron chi connectivity index (χ3n) is 3.96. The van der Waals surface area contributed by atoms with Crippen molar-refractivity contribution in [2.75, 3.05) is 13.2 Å². The molecule has 0 radical (unpaired) electrons. The molecule has 0 aromatic rings. The van der Waals surface area contributed by atoms with Crippen LogP contribution in [-0.4, -0.2) is 36.0 Å². The zero-order valence-electron chi connectivity index (χ0n) is 12.3. The minimum atomic E-state index is -0.766. The molecule has 3 atom stereocenters. The average Bonchev–Trinajstić information content (AvgIpc) is 2.51. The van der Waals surface area contributed by atoms with Gasteiger partial charge in [0, 0.05) is 13.0 Å². The first-order valence-electron chi connectivity index (χ1n) is 7.85. The van der Waals surface area contributed by atoms with E-state index in [1.807, 2.05) is 0 Å². The highest BCUT2D eigenvalue weighted by Gasteiger charge is 2.33. The van der Waals surface area contributed by atoms with Gasteiger partial charge in [0.05, 0.1) is 18.8 Å². The Morgan fingerprint density at radius 1 is 1.05 bits per heavy atom. The van der Waals surface area contributed by atoms with Gasteiger partial charge in [0.15, 0.2) is 6.29 Å². The van der Waals surface area contributed by atoms with E-state index in [0.717, 1.165) is 38.7 Å². The first-order valence-corrected chi connectivity index (χ1v) is 8.61. The van der Waals surface area contributed by atoms with Crippen molar-refractivity contribution >= 4 is 23.2 Å². The summed E-state index contributed by atoms with van der Waals surface area (Å²) in [6, 6.07) is 0. The van der Waals surface area contributed by atoms with Gasteiger partial charge in [0.25, 0.3) is 0 Å². The molecule has 20 heavy (non-hydrogen) atoms. The highest BCUT2D eigenvalue weighted by atomic mass is 35.5. The Labute approximate surface area is 132 Å². The average molecular weight is 325 g/mol. The Morgan fingerprint density at radius 3 is 2.50 bits per heavy atom. The zero-order chi connectivity index (χ0) is 14.4. The number of rotatable bonds is 4. The van der Waals surface area contributed by atoms with E-state index >= 15 is 0 Å². The molecule has 3 nitrogen and oxygen atoms in total. The van der Waals surface area contributed by atoms with Crippen molar-refractivity contribution < 1.29 is 14.2 Å². The minimum absolute atomic E-state index is 0.0996. The Kier molecular flexibility index (Phi) is 6.89. The maximum absolute atomic E-state index is 6.38. The van der Waals surface area contributed by atoms with Crippen molar-refractivity contribution in [1.29, 1.82) is 0 Å². The maximum Gasteiger partial charge on any atom is 0.161 e. The van der Waals surface area contributed by atoms with Crippen molar-refractivity contribution in [2.45, 2.75) is 81.1 Å². The molecule has 0 aromatic heterocycles. The maximum atomic E-state index is 6.38. The van der Waals surface area contributed by atoms with E-state index < -0.39 is 4.33 Å². The molecule has 0 amide bonds. The van der Waals surface area contributed by atoms with Crippen LogP contribution in [0.1, 0.15) is 58.3 Å². The summed E-state index contributed by atoms with van der Waals surface area (Å²) in [5.41, 5.74) is 0. The Morgan fingerprint density at radius 2 is 1.75 bits per heavy atom. The number of halogens is 2. The van der Waals surface area contributed by atoms with Crippen molar-refractivity contribution in [3.8, 4) is 0 Å². The Bertz CT molecular complexity index is 256. The van der Waals surface area contributed by atoms with E-state index in [0.29, 0.717) is 13.0 Å². The van der Waals surface area contributed by atoms with Gasteiger partial charge in [-0.1, -0.05) is 26.2 Å². The Hall–Kier alpha value is 0.460. The van der Waals surface area contributed by atoms with E-state index in [1.54, 1.807) is 0 Å². The second-order valence-corrected chi connectivity index (χ2v) is 7.54. The van der Waals surface area contributed by atoms with Gasteiger partial charge in [0.2, 0.25) is 0 Å². The van der Waals surface area contributed by atoms with Gasteiger partial charge in [-0.15, -0.1) is 23.2 Å². The third-order valence-corrected chi connectivity index (χ3v) is 4.65. The highest BCUT2D eigenvalue weighted by Crippen LogP contribution is 2.35. The zero-order valence-corrected chi connectivity index (χ0v) is 13.8. The summed E-state index contributed by atoms with van der Waals surface area (Å²) in [4.78, 5) is 0. The van der Waals surface area contributed by atoms with Gasteiger partial charge in [0.1, 0.15) is 4.33 Å². The van der Waals surface area contributed by atoms with Crippen LogP contribution in [0, 0.1) is 0 Å². The normalized spacial score (nSPS) is 32.9. The second-order valence-electron chi connectivity index (χ2n) is 5.90. The van der Waals surface area contributed by atoms with Crippen LogP contribution in [0.5, 0.6) is 0 Å². The second kappa shape index (κ2) is 8.19. The smallest absolute Gasteiger partial charge is 0.161 e. The van der Waals surface area contributed by atoms with Crippen LogP contribution in [0.3, 0.4) is 0 Å². The molecule has 0 N–H and O–H groups in total. The summed E-state index contributed by atoms with van der Waals surface area (Å²) < 4.78 is 17.1. The largest absolute Gasteiger partial charge is 0.379 e. The summed E-state index contributed by atoms with van der Waals surface area (Å²) in [5.74, 6) is 0. The van der Waals surface area contributed by atoms with Crippen molar-refractivity contribution in [3.05, 3.63) is 0 Å². The van der Waals surface area contributed by atoms with Gasteiger partial charge in [-0.2, -0.15) is 0 Å². The first-order chi connectivity index (χ1) is 9.59. The van der Waals surface area contributed by atoms with Crippen LogP contribution in [0.15, 0.2) is 0 Å². The quantitative estimate of drug-likeness (QED) is 0.715. The molecule has 2 fully saturated rings. The molecule has 2 aliphatic rings. The molecule has 0 aromatic carbocycles. The van der Waals surface area contributed by atoms with Gasteiger partial charge in [-0.05, 0) is 25.7 Å². The van der Waals surface area contributed by atoms with Gasteiger partial charge < -0.3 is 14.2 Å². The summed E-state index contributed by atoms with van der Waals surface area (Å²) >= 11 is 12.8. The standard InChI is InChI=1S/C15H26Cl2O3/c1-2-8-15(16,17)10-14-19-12-5-3-4-6-13(20-14)11-18-9-7-12/h12-14H,2-11H2,1H3. The topological polar surface area (TPSA) is 27.7 Å². The Balaban J connectivity index is 2.02. The molecule has 0 aliphatic carbocycles. The molecule has 5 heteroatoms. The van der Waals surface area contributed by atoms with Crippen LogP contribution >= 0.6 is 23.2 Å². The molecule has 118 valence electrons. The van der Waals surface area contributed by atoms with Crippen molar-refractivity contribution in [1.82, 2.24) is 0 Å². The fourth-order valence-electron chi connectivity index (χ4n) is 2.91.